The Balaban J connectivity index is 2.16. The van der Waals surface area contributed by atoms with E-state index in [4.69, 9.17) is 10.00 Å². The lowest BCUT2D eigenvalue weighted by molar-refractivity contribution is -0.385. The lowest BCUT2D eigenvalue weighted by Gasteiger charge is -2.51. The smallest absolute Gasteiger partial charge is 0.287 e. The van der Waals surface area contributed by atoms with E-state index in [1.165, 1.54) is 12.1 Å². The first-order chi connectivity index (χ1) is 9.40. The molecule has 1 fully saturated rings. The Morgan fingerprint density at radius 2 is 2.25 bits per heavy atom. The maximum absolute atomic E-state index is 10.8. The molecule has 0 amide bonds. The van der Waals surface area contributed by atoms with E-state index in [2.05, 4.69) is 19.2 Å². The minimum atomic E-state index is -0.545. The van der Waals surface area contributed by atoms with E-state index < -0.39 is 4.92 Å². The standard InChI is InChI=1S/C14H17N3O3/c1-14(2)12(7-13(14)20-3)16-10-4-5-11(17(18)19)9(6-10)8-15/h4-6,12-13,16H,7H2,1-3H3. The molecule has 0 spiro atoms. The van der Waals surface area contributed by atoms with Gasteiger partial charge in [-0.1, -0.05) is 13.8 Å². The molecule has 2 unspecified atom stereocenters. The third-order valence-electron chi connectivity index (χ3n) is 4.12. The van der Waals surface area contributed by atoms with Crippen molar-refractivity contribution in [3.05, 3.63) is 33.9 Å². The molecule has 1 aliphatic rings. The zero-order valence-corrected chi connectivity index (χ0v) is 11.7. The number of ether oxygens (including phenoxy) is 1. The first-order valence-corrected chi connectivity index (χ1v) is 6.38. The molecule has 20 heavy (non-hydrogen) atoms. The number of nitro groups is 1. The third-order valence-corrected chi connectivity index (χ3v) is 4.12. The Morgan fingerprint density at radius 1 is 1.55 bits per heavy atom. The number of nitro benzene ring substituents is 1. The summed E-state index contributed by atoms with van der Waals surface area (Å²) in [7, 11) is 1.70. The molecular weight excluding hydrogens is 258 g/mol. The Labute approximate surface area is 117 Å². The van der Waals surface area contributed by atoms with Gasteiger partial charge >= 0.3 is 0 Å². The van der Waals surface area contributed by atoms with Crippen LogP contribution in [0, 0.1) is 26.9 Å². The summed E-state index contributed by atoms with van der Waals surface area (Å²) in [5.41, 5.74) is 0.615. The zero-order chi connectivity index (χ0) is 14.9. The summed E-state index contributed by atoms with van der Waals surface area (Å²) in [5.74, 6) is 0. The highest BCUT2D eigenvalue weighted by atomic mass is 16.6. The third kappa shape index (κ3) is 2.32. The molecule has 0 radical (unpaired) electrons. The van der Waals surface area contributed by atoms with E-state index in [-0.39, 0.29) is 28.8 Å². The van der Waals surface area contributed by atoms with Gasteiger partial charge < -0.3 is 10.1 Å². The molecule has 0 aliphatic heterocycles. The van der Waals surface area contributed by atoms with Crippen molar-refractivity contribution in [3.63, 3.8) is 0 Å². The average Bonchev–Trinajstić information content (AvgIpc) is 2.42. The van der Waals surface area contributed by atoms with Crippen molar-refractivity contribution in [2.24, 2.45) is 5.41 Å². The molecule has 6 nitrogen and oxygen atoms in total. The molecule has 0 aromatic heterocycles. The van der Waals surface area contributed by atoms with Gasteiger partial charge in [0.25, 0.3) is 5.69 Å². The van der Waals surface area contributed by atoms with Gasteiger partial charge in [0, 0.05) is 30.3 Å². The van der Waals surface area contributed by atoms with Crippen molar-refractivity contribution in [2.45, 2.75) is 32.4 Å². The SMILES string of the molecule is COC1CC(Nc2ccc([N+](=O)[O-])c(C#N)c2)C1(C)C. The molecule has 1 saturated carbocycles. The summed E-state index contributed by atoms with van der Waals surface area (Å²) in [4.78, 5) is 10.2. The maximum atomic E-state index is 10.8. The fourth-order valence-electron chi connectivity index (χ4n) is 2.61. The van der Waals surface area contributed by atoms with Gasteiger partial charge in [0.05, 0.1) is 11.0 Å². The van der Waals surface area contributed by atoms with E-state index in [1.807, 2.05) is 6.07 Å². The number of nitrogens with one attached hydrogen (secondary N) is 1. The van der Waals surface area contributed by atoms with Gasteiger partial charge in [-0.05, 0) is 18.6 Å². The number of nitrogens with zero attached hydrogens (tertiary/aromatic N) is 2. The van der Waals surface area contributed by atoms with Gasteiger partial charge in [-0.15, -0.1) is 0 Å². The van der Waals surface area contributed by atoms with Crippen LogP contribution in [0.1, 0.15) is 25.8 Å². The quantitative estimate of drug-likeness (QED) is 0.674. The van der Waals surface area contributed by atoms with E-state index in [9.17, 15) is 10.1 Å². The van der Waals surface area contributed by atoms with E-state index >= 15 is 0 Å². The fourth-order valence-corrected chi connectivity index (χ4v) is 2.61. The van der Waals surface area contributed by atoms with Crippen LogP contribution >= 0.6 is 0 Å². The summed E-state index contributed by atoms with van der Waals surface area (Å²) in [6.07, 6.45) is 1.08. The molecule has 2 atom stereocenters. The van der Waals surface area contributed by atoms with Crippen LogP contribution in [0.4, 0.5) is 11.4 Å². The van der Waals surface area contributed by atoms with Crippen molar-refractivity contribution in [3.8, 4) is 6.07 Å². The molecule has 0 bridgehead atoms. The van der Waals surface area contributed by atoms with E-state index in [1.54, 1.807) is 13.2 Å². The molecule has 1 aliphatic carbocycles. The van der Waals surface area contributed by atoms with Crippen LogP contribution in [0.5, 0.6) is 0 Å². The van der Waals surface area contributed by atoms with Crippen molar-refractivity contribution in [1.29, 1.82) is 5.26 Å². The first-order valence-electron chi connectivity index (χ1n) is 6.38. The Kier molecular flexibility index (Phi) is 3.64. The fraction of sp³-hybridized carbons (Fsp3) is 0.500. The lowest BCUT2D eigenvalue weighted by Crippen LogP contribution is -2.57. The molecule has 106 valence electrons. The number of methoxy groups -OCH3 is 1. The first kappa shape index (κ1) is 14.3. The normalized spacial score (nSPS) is 23.5. The summed E-state index contributed by atoms with van der Waals surface area (Å²) in [5, 5.41) is 23.1. The van der Waals surface area contributed by atoms with E-state index in [0.29, 0.717) is 0 Å². The highest BCUT2D eigenvalue weighted by Crippen LogP contribution is 2.44. The minimum Gasteiger partial charge on any atom is -0.382 e. The Bertz CT molecular complexity index is 578. The van der Waals surface area contributed by atoms with Crippen LogP contribution in [-0.2, 0) is 4.74 Å². The number of hydrogen-bond donors (Lipinski definition) is 1. The molecule has 2 rings (SSSR count). The predicted molar refractivity (Wildman–Crippen MR) is 74.4 cm³/mol. The molecule has 0 heterocycles. The second-order valence-corrected chi connectivity index (χ2v) is 5.58. The summed E-state index contributed by atoms with van der Waals surface area (Å²) < 4.78 is 5.38. The predicted octanol–water partition coefficient (Wildman–Crippen LogP) is 2.69. The monoisotopic (exact) mass is 275 g/mol. The Morgan fingerprint density at radius 3 is 2.75 bits per heavy atom. The number of rotatable bonds is 4. The van der Waals surface area contributed by atoms with Crippen molar-refractivity contribution in [1.82, 2.24) is 0 Å². The summed E-state index contributed by atoms with van der Waals surface area (Å²) in [6.45, 7) is 4.22. The van der Waals surface area contributed by atoms with Crippen LogP contribution in [0.25, 0.3) is 0 Å². The van der Waals surface area contributed by atoms with Crippen LogP contribution < -0.4 is 5.32 Å². The minimum absolute atomic E-state index is 0.0106. The molecule has 1 N–H and O–H groups in total. The van der Waals surface area contributed by atoms with Crippen LogP contribution in [0.15, 0.2) is 18.2 Å². The average molecular weight is 275 g/mol. The Hall–Kier alpha value is -2.13. The zero-order valence-electron chi connectivity index (χ0n) is 11.7. The van der Waals surface area contributed by atoms with E-state index in [0.717, 1.165) is 12.1 Å². The van der Waals surface area contributed by atoms with Crippen LogP contribution in [0.3, 0.4) is 0 Å². The number of anilines is 1. The number of hydrogen-bond acceptors (Lipinski definition) is 5. The second-order valence-electron chi connectivity index (χ2n) is 5.58. The number of benzene rings is 1. The van der Waals surface area contributed by atoms with Gasteiger partial charge in [-0.25, -0.2) is 0 Å². The van der Waals surface area contributed by atoms with Crippen molar-refractivity contribution >= 4 is 11.4 Å². The van der Waals surface area contributed by atoms with Gasteiger partial charge in [0.2, 0.25) is 0 Å². The number of nitriles is 1. The largest absolute Gasteiger partial charge is 0.382 e. The summed E-state index contributed by atoms with van der Waals surface area (Å²) in [6, 6.07) is 6.60. The molecule has 0 saturated heterocycles. The molecule has 1 aromatic rings. The highest BCUT2D eigenvalue weighted by molar-refractivity contribution is 5.59. The van der Waals surface area contributed by atoms with Crippen molar-refractivity contribution < 1.29 is 9.66 Å². The maximum Gasteiger partial charge on any atom is 0.287 e. The summed E-state index contributed by atoms with van der Waals surface area (Å²) >= 11 is 0. The lowest BCUT2D eigenvalue weighted by atomic mass is 9.64. The highest BCUT2D eigenvalue weighted by Gasteiger charge is 2.48. The van der Waals surface area contributed by atoms with Gasteiger partial charge in [-0.2, -0.15) is 5.26 Å². The van der Waals surface area contributed by atoms with Gasteiger partial charge in [0.1, 0.15) is 11.6 Å². The topological polar surface area (TPSA) is 88.2 Å². The van der Waals surface area contributed by atoms with Gasteiger partial charge in [0.15, 0.2) is 0 Å². The molecule has 6 heteroatoms. The van der Waals surface area contributed by atoms with Gasteiger partial charge in [-0.3, -0.25) is 10.1 Å². The molecule has 1 aromatic carbocycles. The van der Waals surface area contributed by atoms with Crippen LogP contribution in [0.2, 0.25) is 0 Å². The molecular formula is C14H17N3O3. The van der Waals surface area contributed by atoms with Crippen molar-refractivity contribution in [2.75, 3.05) is 12.4 Å². The second kappa shape index (κ2) is 5.10. The van der Waals surface area contributed by atoms with Crippen LogP contribution in [-0.4, -0.2) is 24.2 Å².